The van der Waals surface area contributed by atoms with Crippen LogP contribution in [0.1, 0.15) is 90.8 Å². The van der Waals surface area contributed by atoms with Gasteiger partial charge in [-0.05, 0) is 51.3 Å². The van der Waals surface area contributed by atoms with Crippen molar-refractivity contribution in [2.75, 3.05) is 7.05 Å². The van der Waals surface area contributed by atoms with Gasteiger partial charge < -0.3 is 19.9 Å². The van der Waals surface area contributed by atoms with Crippen LogP contribution in [-0.2, 0) is 25.6 Å². The predicted molar refractivity (Wildman–Crippen MR) is 143 cm³/mol. The summed E-state index contributed by atoms with van der Waals surface area (Å²) in [6, 6.07) is 0. The Hall–Kier alpha value is -1.61. The van der Waals surface area contributed by atoms with Crippen LogP contribution in [0.2, 0.25) is 0 Å². The minimum Gasteiger partial charge on any atom is -0.458 e. The SMILES string of the molecule is CNCc1nc(/C=C(\C)[C@@H]2C[C@@H]3O[C@]3(C)CCC[C@H](C)C[C@@H](C)C(=O)C(C)(C)[C@@H](O)CC(=O)O2)cs1. The molecule has 3 heterocycles. The Bertz CT molecular complexity index is 957. The summed E-state index contributed by atoms with van der Waals surface area (Å²) < 4.78 is 12.0. The Balaban J connectivity index is 1.82. The second-order valence-corrected chi connectivity index (χ2v) is 12.6. The third-order valence-corrected chi connectivity index (χ3v) is 8.79. The number of nitrogens with one attached hydrogen (secondary N) is 1. The first-order chi connectivity index (χ1) is 16.9. The number of hydrogen-bond donors (Lipinski definition) is 2. The van der Waals surface area contributed by atoms with E-state index in [0.29, 0.717) is 18.9 Å². The van der Waals surface area contributed by atoms with E-state index in [1.807, 2.05) is 32.4 Å². The van der Waals surface area contributed by atoms with Gasteiger partial charge in [-0.25, -0.2) is 4.98 Å². The van der Waals surface area contributed by atoms with Gasteiger partial charge in [0.15, 0.2) is 0 Å². The molecule has 2 aliphatic rings. The van der Waals surface area contributed by atoms with Gasteiger partial charge in [0.05, 0.1) is 35.3 Å². The summed E-state index contributed by atoms with van der Waals surface area (Å²) in [5.74, 6) is -0.295. The second kappa shape index (κ2) is 11.8. The van der Waals surface area contributed by atoms with E-state index in [2.05, 4.69) is 24.1 Å². The van der Waals surface area contributed by atoms with Gasteiger partial charge in [0.1, 0.15) is 16.9 Å². The molecule has 8 heteroatoms. The predicted octanol–water partition coefficient (Wildman–Crippen LogP) is 4.92. The van der Waals surface area contributed by atoms with Crippen LogP contribution in [-0.4, -0.2) is 52.8 Å². The molecule has 6 atom stereocenters. The molecule has 0 amide bonds. The van der Waals surface area contributed by atoms with Gasteiger partial charge in [-0.2, -0.15) is 0 Å². The van der Waals surface area contributed by atoms with Gasteiger partial charge in [0.2, 0.25) is 0 Å². The molecule has 0 spiro atoms. The van der Waals surface area contributed by atoms with Crippen molar-refractivity contribution in [3.8, 4) is 0 Å². The maximum absolute atomic E-state index is 13.2. The normalized spacial score (nSPS) is 34.7. The molecule has 0 saturated carbocycles. The van der Waals surface area contributed by atoms with E-state index in [-0.39, 0.29) is 29.8 Å². The van der Waals surface area contributed by atoms with Gasteiger partial charge >= 0.3 is 5.97 Å². The van der Waals surface area contributed by atoms with Crippen molar-refractivity contribution in [1.29, 1.82) is 0 Å². The number of aromatic nitrogens is 1. The number of carbonyl (C=O) groups excluding carboxylic acids is 2. The monoisotopic (exact) mass is 520 g/mol. The molecule has 0 unspecified atom stereocenters. The molecule has 7 nitrogen and oxygen atoms in total. The molecule has 2 fully saturated rings. The highest BCUT2D eigenvalue weighted by Gasteiger charge is 2.52. The highest BCUT2D eigenvalue weighted by atomic mass is 32.1. The van der Waals surface area contributed by atoms with Crippen LogP contribution < -0.4 is 5.32 Å². The zero-order valence-corrected chi connectivity index (χ0v) is 23.7. The molecule has 0 radical (unpaired) electrons. The molecule has 1 aromatic heterocycles. The second-order valence-electron chi connectivity index (χ2n) is 11.7. The average Bonchev–Trinajstić information content (AvgIpc) is 3.20. The van der Waals surface area contributed by atoms with Crippen molar-refractivity contribution >= 4 is 29.2 Å². The first kappa shape index (κ1) is 29.0. The number of cyclic esters (lactones) is 1. The van der Waals surface area contributed by atoms with Crippen molar-refractivity contribution in [1.82, 2.24) is 10.3 Å². The van der Waals surface area contributed by atoms with Crippen LogP contribution in [0.4, 0.5) is 0 Å². The number of aliphatic hydroxyl groups excluding tert-OH is 1. The molecule has 2 aliphatic heterocycles. The van der Waals surface area contributed by atoms with Crippen LogP contribution in [0.25, 0.3) is 6.08 Å². The Kier molecular flexibility index (Phi) is 9.52. The summed E-state index contributed by atoms with van der Waals surface area (Å²) in [6.45, 7) is 12.4. The number of ketones is 1. The summed E-state index contributed by atoms with van der Waals surface area (Å²) in [4.78, 5) is 30.8. The number of fused-ring (bicyclic) bond motifs is 1. The van der Waals surface area contributed by atoms with Gasteiger partial charge in [-0.3, -0.25) is 9.59 Å². The molecular weight excluding hydrogens is 476 g/mol. The number of hydrogen-bond acceptors (Lipinski definition) is 8. The molecular formula is C28H44N2O5S. The molecule has 0 aromatic carbocycles. The number of nitrogens with zero attached hydrogens (tertiary/aromatic N) is 1. The maximum atomic E-state index is 13.2. The third-order valence-electron chi connectivity index (χ3n) is 7.92. The van der Waals surface area contributed by atoms with Crippen molar-refractivity contribution in [2.45, 2.75) is 111 Å². The average molecular weight is 521 g/mol. The molecule has 3 rings (SSSR count). The Morgan fingerprint density at radius 1 is 1.28 bits per heavy atom. The zero-order chi connectivity index (χ0) is 26.7. The van der Waals surface area contributed by atoms with E-state index in [1.54, 1.807) is 25.2 Å². The topological polar surface area (TPSA) is 101 Å². The third kappa shape index (κ3) is 7.24. The summed E-state index contributed by atoms with van der Waals surface area (Å²) >= 11 is 1.58. The van der Waals surface area contributed by atoms with Crippen LogP contribution in [0.15, 0.2) is 11.0 Å². The fourth-order valence-electron chi connectivity index (χ4n) is 5.33. The lowest BCUT2D eigenvalue weighted by molar-refractivity contribution is -0.153. The standard InChI is InChI=1S/C28H44N2O5S/c1-17-9-8-10-28(6)23(35-28)13-21(18(2)12-20-16-36-24(30-20)15-29-7)34-25(32)14-22(31)27(4,5)26(33)19(3)11-17/h12,16-17,19,21-23,29,31H,8-11,13-15H2,1-7H3/b18-12+/t17-,19+,21-,22-,23-,28+/m0/s1. The summed E-state index contributed by atoms with van der Waals surface area (Å²) in [6.07, 6.45) is 4.47. The number of ether oxygens (including phenoxy) is 2. The maximum Gasteiger partial charge on any atom is 0.309 e. The molecule has 0 aliphatic carbocycles. The smallest absolute Gasteiger partial charge is 0.309 e. The van der Waals surface area contributed by atoms with E-state index in [9.17, 15) is 14.7 Å². The fraction of sp³-hybridized carbons (Fsp3) is 0.750. The number of thiazole rings is 1. The molecule has 36 heavy (non-hydrogen) atoms. The van der Waals surface area contributed by atoms with Crippen molar-refractivity contribution in [3.05, 3.63) is 21.7 Å². The Labute approximate surface area is 220 Å². The van der Waals surface area contributed by atoms with Crippen LogP contribution in [0.5, 0.6) is 0 Å². The lowest BCUT2D eigenvalue weighted by Gasteiger charge is -2.32. The van der Waals surface area contributed by atoms with E-state index >= 15 is 0 Å². The van der Waals surface area contributed by atoms with E-state index in [4.69, 9.17) is 9.47 Å². The minimum atomic E-state index is -1.11. The van der Waals surface area contributed by atoms with Crippen LogP contribution >= 0.6 is 11.3 Å². The van der Waals surface area contributed by atoms with E-state index < -0.39 is 23.6 Å². The fourth-order valence-corrected chi connectivity index (χ4v) is 6.09. The molecule has 2 N–H and O–H groups in total. The molecule has 202 valence electrons. The highest BCUT2D eigenvalue weighted by molar-refractivity contribution is 7.09. The van der Waals surface area contributed by atoms with Crippen molar-refractivity contribution in [3.63, 3.8) is 0 Å². The minimum absolute atomic E-state index is 0.00664. The van der Waals surface area contributed by atoms with Crippen LogP contribution in [0, 0.1) is 17.3 Å². The molecule has 1 aromatic rings. The first-order valence-electron chi connectivity index (χ1n) is 13.2. The number of carbonyl (C=O) groups is 2. The molecule has 0 bridgehead atoms. The summed E-state index contributed by atoms with van der Waals surface area (Å²) in [5.41, 5.74) is 0.472. The number of epoxide rings is 1. The Morgan fingerprint density at radius 2 is 2.00 bits per heavy atom. The van der Waals surface area contributed by atoms with Crippen molar-refractivity contribution in [2.24, 2.45) is 17.3 Å². The van der Waals surface area contributed by atoms with Gasteiger partial charge in [0, 0.05) is 24.3 Å². The quantitative estimate of drug-likeness (QED) is 0.429. The molecule has 2 saturated heterocycles. The lowest BCUT2D eigenvalue weighted by atomic mass is 9.74. The highest BCUT2D eigenvalue weighted by Crippen LogP contribution is 2.45. The number of Topliss-reactive ketones (excluding diaryl/α,β-unsaturated/α-hetero) is 1. The first-order valence-corrected chi connectivity index (χ1v) is 14.1. The van der Waals surface area contributed by atoms with E-state index in [0.717, 1.165) is 42.0 Å². The number of aliphatic hydroxyl groups is 1. The van der Waals surface area contributed by atoms with E-state index in [1.165, 1.54) is 0 Å². The van der Waals surface area contributed by atoms with Gasteiger partial charge in [-0.15, -0.1) is 11.3 Å². The van der Waals surface area contributed by atoms with Crippen molar-refractivity contribution < 1.29 is 24.2 Å². The zero-order valence-electron chi connectivity index (χ0n) is 22.9. The number of esters is 1. The summed E-state index contributed by atoms with van der Waals surface area (Å²) in [7, 11) is 1.89. The Morgan fingerprint density at radius 3 is 2.69 bits per heavy atom. The van der Waals surface area contributed by atoms with Gasteiger partial charge in [0.25, 0.3) is 0 Å². The summed E-state index contributed by atoms with van der Waals surface area (Å²) in [5, 5.41) is 17.0. The number of rotatable bonds is 4. The van der Waals surface area contributed by atoms with Gasteiger partial charge in [-0.1, -0.05) is 40.5 Å². The van der Waals surface area contributed by atoms with Crippen LogP contribution in [0.3, 0.4) is 0 Å². The lowest BCUT2D eigenvalue weighted by Crippen LogP contribution is -2.42. The largest absolute Gasteiger partial charge is 0.458 e.